The predicted octanol–water partition coefficient (Wildman–Crippen LogP) is 2.64. The van der Waals surface area contributed by atoms with Crippen molar-refractivity contribution in [1.82, 2.24) is 4.98 Å². The van der Waals surface area contributed by atoms with E-state index >= 15 is 0 Å². The molecule has 0 unspecified atom stereocenters. The first kappa shape index (κ1) is 18.4. The number of pyridine rings is 1. The van der Waals surface area contributed by atoms with E-state index in [-0.39, 0.29) is 5.91 Å². The van der Waals surface area contributed by atoms with Crippen molar-refractivity contribution in [3.63, 3.8) is 0 Å². The molecule has 1 aromatic carbocycles. The second-order valence-electron chi connectivity index (χ2n) is 7.22. The Morgan fingerprint density at radius 1 is 1.12 bits per heavy atom. The molecular weight excluding hydrogens is 331 g/mol. The number of benzene rings is 1. The number of hydrogen-bond acceptors (Lipinski definition) is 5. The van der Waals surface area contributed by atoms with Crippen molar-refractivity contribution in [3.05, 3.63) is 48.2 Å². The van der Waals surface area contributed by atoms with Gasteiger partial charge in [-0.15, -0.1) is 0 Å². The molecule has 1 aromatic heterocycles. The zero-order valence-corrected chi connectivity index (χ0v) is 15.7. The number of nitrogens with one attached hydrogen (secondary N) is 1. The first-order valence-corrected chi connectivity index (χ1v) is 8.49. The van der Waals surface area contributed by atoms with Gasteiger partial charge >= 0.3 is 7.12 Å². The lowest BCUT2D eigenvalue weighted by atomic mass is 9.78. The summed E-state index contributed by atoms with van der Waals surface area (Å²) < 4.78 is 17.5. The molecule has 3 rings (SSSR count). The Hall–Kier alpha value is -2.38. The third-order valence-corrected chi connectivity index (χ3v) is 4.90. The van der Waals surface area contributed by atoms with Crippen LogP contribution in [-0.2, 0) is 9.31 Å². The van der Waals surface area contributed by atoms with Crippen LogP contribution in [0.15, 0.2) is 42.6 Å². The molecule has 1 aliphatic rings. The zero-order chi connectivity index (χ0) is 18.9. The van der Waals surface area contributed by atoms with E-state index < -0.39 is 18.3 Å². The monoisotopic (exact) mass is 354 g/mol. The largest absolute Gasteiger partial charge is 0.496 e. The normalized spacial score (nSPS) is 17.8. The van der Waals surface area contributed by atoms with Crippen LogP contribution in [0, 0.1) is 0 Å². The van der Waals surface area contributed by atoms with Gasteiger partial charge in [-0.1, -0.05) is 12.1 Å². The lowest BCUT2D eigenvalue weighted by Crippen LogP contribution is -2.41. The van der Waals surface area contributed by atoms with E-state index in [1.54, 1.807) is 36.5 Å². The van der Waals surface area contributed by atoms with Crippen LogP contribution in [0.2, 0.25) is 0 Å². The molecule has 0 bridgehead atoms. The predicted molar refractivity (Wildman–Crippen MR) is 101 cm³/mol. The molecule has 0 aliphatic carbocycles. The van der Waals surface area contributed by atoms with Crippen LogP contribution in [0.1, 0.15) is 38.1 Å². The smallest absolute Gasteiger partial charge is 0.494 e. The van der Waals surface area contributed by atoms with Crippen LogP contribution in [-0.4, -0.2) is 36.3 Å². The molecule has 1 aliphatic heterocycles. The SMILES string of the molecule is COc1cc(B2OC(C)(C)C(C)(C)O2)ccc1C(=O)Nc1ccccn1. The molecule has 7 heteroatoms. The van der Waals surface area contributed by atoms with Gasteiger partial charge in [-0.05, 0) is 57.4 Å². The Balaban J connectivity index is 1.84. The zero-order valence-electron chi connectivity index (χ0n) is 15.7. The highest BCUT2D eigenvalue weighted by Crippen LogP contribution is 2.36. The molecule has 0 atom stereocenters. The van der Waals surface area contributed by atoms with Crippen LogP contribution >= 0.6 is 0 Å². The number of nitrogens with zero attached hydrogens (tertiary/aromatic N) is 1. The quantitative estimate of drug-likeness (QED) is 0.855. The fraction of sp³-hybridized carbons (Fsp3) is 0.368. The van der Waals surface area contributed by atoms with Gasteiger partial charge in [0.1, 0.15) is 11.6 Å². The Morgan fingerprint density at radius 3 is 2.38 bits per heavy atom. The van der Waals surface area contributed by atoms with Crippen LogP contribution < -0.4 is 15.5 Å². The fourth-order valence-electron chi connectivity index (χ4n) is 2.64. The molecule has 2 heterocycles. The molecule has 6 nitrogen and oxygen atoms in total. The lowest BCUT2D eigenvalue weighted by molar-refractivity contribution is 0.00578. The van der Waals surface area contributed by atoms with Crippen LogP contribution in [0.4, 0.5) is 5.82 Å². The molecule has 0 radical (unpaired) electrons. The van der Waals surface area contributed by atoms with Gasteiger partial charge in [0.25, 0.3) is 5.91 Å². The highest BCUT2D eigenvalue weighted by atomic mass is 16.7. The Labute approximate surface area is 154 Å². The number of ether oxygens (including phenoxy) is 1. The van der Waals surface area contributed by atoms with E-state index in [4.69, 9.17) is 14.0 Å². The van der Waals surface area contributed by atoms with Crippen molar-refractivity contribution in [3.8, 4) is 5.75 Å². The molecule has 0 spiro atoms. The van der Waals surface area contributed by atoms with E-state index in [2.05, 4.69) is 10.3 Å². The molecular formula is C19H23BN2O4. The summed E-state index contributed by atoms with van der Waals surface area (Å²) in [5, 5.41) is 2.76. The van der Waals surface area contributed by atoms with E-state index in [1.165, 1.54) is 7.11 Å². The highest BCUT2D eigenvalue weighted by Gasteiger charge is 2.51. The van der Waals surface area contributed by atoms with Crippen molar-refractivity contribution in [1.29, 1.82) is 0 Å². The minimum absolute atomic E-state index is 0.291. The van der Waals surface area contributed by atoms with Crippen molar-refractivity contribution < 1.29 is 18.8 Å². The molecule has 1 fully saturated rings. The number of methoxy groups -OCH3 is 1. The second-order valence-corrected chi connectivity index (χ2v) is 7.22. The minimum atomic E-state index is -0.512. The van der Waals surface area contributed by atoms with Gasteiger partial charge in [0, 0.05) is 6.20 Å². The number of amides is 1. The minimum Gasteiger partial charge on any atom is -0.496 e. The van der Waals surface area contributed by atoms with Gasteiger partial charge in [0.2, 0.25) is 0 Å². The summed E-state index contributed by atoms with van der Waals surface area (Å²) in [6.07, 6.45) is 1.62. The van der Waals surface area contributed by atoms with E-state index in [0.717, 1.165) is 5.46 Å². The Morgan fingerprint density at radius 2 is 1.81 bits per heavy atom. The fourth-order valence-corrected chi connectivity index (χ4v) is 2.64. The van der Waals surface area contributed by atoms with Gasteiger partial charge in [0.05, 0.1) is 23.9 Å². The first-order chi connectivity index (χ1) is 12.2. The molecule has 1 saturated heterocycles. The second kappa shape index (κ2) is 6.74. The van der Waals surface area contributed by atoms with Crippen LogP contribution in [0.5, 0.6) is 5.75 Å². The summed E-state index contributed by atoms with van der Waals surface area (Å²) >= 11 is 0. The summed E-state index contributed by atoms with van der Waals surface area (Å²) in [5.74, 6) is 0.640. The summed E-state index contributed by atoms with van der Waals surface area (Å²) in [5.41, 5.74) is 0.355. The Bertz CT molecular complexity index is 792. The number of carbonyl (C=O) groups is 1. The van der Waals surface area contributed by atoms with Gasteiger partial charge in [-0.3, -0.25) is 4.79 Å². The third-order valence-electron chi connectivity index (χ3n) is 4.90. The molecule has 1 N–H and O–H groups in total. The average molecular weight is 354 g/mol. The maximum atomic E-state index is 12.5. The van der Waals surface area contributed by atoms with Gasteiger partial charge < -0.3 is 19.4 Å². The first-order valence-electron chi connectivity index (χ1n) is 8.49. The van der Waals surface area contributed by atoms with Crippen molar-refractivity contribution in [2.75, 3.05) is 12.4 Å². The van der Waals surface area contributed by atoms with E-state index in [1.807, 2.05) is 33.8 Å². The van der Waals surface area contributed by atoms with Crippen molar-refractivity contribution in [2.24, 2.45) is 0 Å². The summed E-state index contributed by atoms with van der Waals surface area (Å²) in [4.78, 5) is 16.6. The Kier molecular flexibility index (Phi) is 4.77. The van der Waals surface area contributed by atoms with E-state index in [9.17, 15) is 4.79 Å². The summed E-state index contributed by atoms with van der Waals surface area (Å²) in [6, 6.07) is 10.6. The standard InChI is InChI=1S/C19H23BN2O4/c1-18(2)19(3,4)26-20(25-18)13-9-10-14(15(12-13)24-5)17(23)22-16-8-6-7-11-21-16/h6-12H,1-5H3,(H,21,22,23). The topological polar surface area (TPSA) is 69.7 Å². The maximum Gasteiger partial charge on any atom is 0.494 e. The van der Waals surface area contributed by atoms with Gasteiger partial charge in [-0.25, -0.2) is 4.98 Å². The molecule has 0 saturated carbocycles. The molecule has 2 aromatic rings. The van der Waals surface area contributed by atoms with Crippen LogP contribution in [0.3, 0.4) is 0 Å². The molecule has 136 valence electrons. The number of rotatable bonds is 4. The lowest BCUT2D eigenvalue weighted by Gasteiger charge is -2.32. The van der Waals surface area contributed by atoms with Crippen molar-refractivity contribution >= 4 is 24.3 Å². The third kappa shape index (κ3) is 3.45. The van der Waals surface area contributed by atoms with E-state index in [0.29, 0.717) is 17.1 Å². The summed E-state index contributed by atoms with van der Waals surface area (Å²) in [7, 11) is 1.02. The maximum absolute atomic E-state index is 12.5. The average Bonchev–Trinajstić information content (AvgIpc) is 2.83. The molecule has 26 heavy (non-hydrogen) atoms. The summed E-state index contributed by atoms with van der Waals surface area (Å²) in [6.45, 7) is 8.00. The molecule has 1 amide bonds. The number of anilines is 1. The van der Waals surface area contributed by atoms with Gasteiger partial charge in [0.15, 0.2) is 0 Å². The number of hydrogen-bond donors (Lipinski definition) is 1. The number of carbonyl (C=O) groups excluding carboxylic acids is 1. The number of aromatic nitrogens is 1. The highest BCUT2D eigenvalue weighted by molar-refractivity contribution is 6.62. The van der Waals surface area contributed by atoms with Crippen LogP contribution in [0.25, 0.3) is 0 Å². The van der Waals surface area contributed by atoms with Crippen molar-refractivity contribution in [2.45, 2.75) is 38.9 Å². The van der Waals surface area contributed by atoms with Gasteiger partial charge in [-0.2, -0.15) is 0 Å².